The van der Waals surface area contributed by atoms with Gasteiger partial charge in [-0.3, -0.25) is 9.59 Å². The maximum absolute atomic E-state index is 11.9. The van der Waals surface area contributed by atoms with Crippen LogP contribution >= 0.6 is 11.6 Å². The smallest absolute Gasteiger partial charge is 0.270 e. The number of para-hydroxylation sites is 1. The highest BCUT2D eigenvalue weighted by Crippen LogP contribution is 2.27. The van der Waals surface area contributed by atoms with Crippen LogP contribution in [-0.4, -0.2) is 31.7 Å². The summed E-state index contributed by atoms with van der Waals surface area (Å²) in [5.74, 6) is -0.470. The number of carbonyl (C=O) groups excluding carboxylic acids is 2. The van der Waals surface area contributed by atoms with Crippen molar-refractivity contribution in [2.45, 2.75) is 13.8 Å². The van der Waals surface area contributed by atoms with Gasteiger partial charge in [-0.15, -0.1) is 0 Å². The van der Waals surface area contributed by atoms with Crippen molar-refractivity contribution in [2.24, 2.45) is 5.16 Å². The van der Waals surface area contributed by atoms with E-state index in [9.17, 15) is 9.59 Å². The molecule has 2 rings (SSSR count). The maximum Gasteiger partial charge on any atom is 0.270 e. The first-order valence-electron chi connectivity index (χ1n) is 8.06. The van der Waals surface area contributed by atoms with Crippen LogP contribution in [0.15, 0.2) is 41.6 Å². The molecular weight excluding hydrogens is 370 g/mol. The van der Waals surface area contributed by atoms with E-state index in [0.29, 0.717) is 16.5 Å². The fourth-order valence-corrected chi connectivity index (χ4v) is 2.48. The predicted octanol–water partition coefficient (Wildman–Crippen LogP) is 3.55. The number of carbonyl (C=O) groups is 2. The molecule has 0 aliphatic rings. The van der Waals surface area contributed by atoms with E-state index in [4.69, 9.17) is 21.2 Å². The van der Waals surface area contributed by atoms with Crippen LogP contribution in [0.4, 0.5) is 11.4 Å². The Kier molecular flexibility index (Phi) is 7.19. The number of benzene rings is 2. The Morgan fingerprint density at radius 2 is 1.85 bits per heavy atom. The summed E-state index contributed by atoms with van der Waals surface area (Å²) in [7, 11) is 1.48. The van der Waals surface area contributed by atoms with E-state index in [0.717, 1.165) is 23.0 Å². The molecule has 0 aliphatic carbocycles. The molecule has 0 spiro atoms. The molecule has 0 saturated carbocycles. The molecule has 0 heterocycles. The number of oxime groups is 1. The zero-order chi connectivity index (χ0) is 19.8. The predicted molar refractivity (Wildman–Crippen MR) is 106 cm³/mol. The Hall–Kier alpha value is -3.06. The average Bonchev–Trinajstić information content (AvgIpc) is 2.62. The zero-order valence-electron chi connectivity index (χ0n) is 15.2. The van der Waals surface area contributed by atoms with Crippen molar-refractivity contribution in [3.63, 3.8) is 0 Å². The monoisotopic (exact) mass is 389 g/mol. The summed E-state index contributed by atoms with van der Waals surface area (Å²) in [4.78, 5) is 28.7. The first-order valence-corrected chi connectivity index (χ1v) is 8.44. The lowest BCUT2D eigenvalue weighted by atomic mass is 10.1. The van der Waals surface area contributed by atoms with Crippen LogP contribution in [0, 0.1) is 13.8 Å². The van der Waals surface area contributed by atoms with Crippen molar-refractivity contribution in [3.05, 3.63) is 52.5 Å². The molecule has 142 valence electrons. The van der Waals surface area contributed by atoms with Crippen molar-refractivity contribution in [1.82, 2.24) is 0 Å². The minimum atomic E-state index is -0.550. The highest BCUT2D eigenvalue weighted by atomic mass is 35.5. The molecule has 0 radical (unpaired) electrons. The first-order chi connectivity index (χ1) is 12.9. The summed E-state index contributed by atoms with van der Waals surface area (Å²) in [6, 6.07) is 10.5. The van der Waals surface area contributed by atoms with E-state index in [-0.39, 0.29) is 12.5 Å². The second kappa shape index (κ2) is 9.59. The lowest BCUT2D eigenvalue weighted by Crippen LogP contribution is -2.19. The molecule has 7 nitrogen and oxygen atoms in total. The Labute approximate surface area is 162 Å². The van der Waals surface area contributed by atoms with Gasteiger partial charge in [0.05, 0.1) is 12.8 Å². The number of halogens is 1. The van der Waals surface area contributed by atoms with Gasteiger partial charge in [-0.05, 0) is 43.2 Å². The maximum atomic E-state index is 11.9. The van der Waals surface area contributed by atoms with E-state index < -0.39 is 5.91 Å². The van der Waals surface area contributed by atoms with Gasteiger partial charge in [-0.1, -0.05) is 35.0 Å². The number of ether oxygens (including phenoxy) is 1. The number of hydrogen-bond donors (Lipinski definition) is 2. The molecule has 0 fully saturated rings. The van der Waals surface area contributed by atoms with Crippen LogP contribution in [0.1, 0.15) is 11.1 Å². The first kappa shape index (κ1) is 20.3. The molecule has 2 amide bonds. The second-order valence-electron chi connectivity index (χ2n) is 5.66. The molecule has 2 N–H and O–H groups in total. The van der Waals surface area contributed by atoms with Gasteiger partial charge in [0.25, 0.3) is 11.8 Å². The summed E-state index contributed by atoms with van der Waals surface area (Å²) in [6.07, 6.45) is 0.923. The normalized spacial score (nSPS) is 10.5. The number of hydrogen-bond acceptors (Lipinski definition) is 5. The van der Waals surface area contributed by atoms with Crippen LogP contribution < -0.4 is 15.4 Å². The molecule has 0 aliphatic heterocycles. The van der Waals surface area contributed by atoms with Crippen LogP contribution in [-0.2, 0) is 14.4 Å². The van der Waals surface area contributed by atoms with Crippen LogP contribution in [0.3, 0.4) is 0 Å². The van der Waals surface area contributed by atoms with Crippen molar-refractivity contribution in [2.75, 3.05) is 24.4 Å². The molecule has 0 atom stereocenters. The third kappa shape index (κ3) is 6.00. The number of rotatable bonds is 7. The number of amides is 2. The van der Waals surface area contributed by atoms with Gasteiger partial charge in [-0.2, -0.15) is 0 Å². The van der Waals surface area contributed by atoms with E-state index in [2.05, 4.69) is 15.8 Å². The van der Waals surface area contributed by atoms with Crippen LogP contribution in [0.25, 0.3) is 0 Å². The van der Waals surface area contributed by atoms with Crippen molar-refractivity contribution in [3.8, 4) is 5.75 Å². The molecule has 0 saturated heterocycles. The summed E-state index contributed by atoms with van der Waals surface area (Å²) in [5, 5.41) is 9.27. The Morgan fingerprint density at radius 1 is 1.15 bits per heavy atom. The molecule has 0 aromatic heterocycles. The minimum absolute atomic E-state index is 0.321. The Balaban J connectivity index is 1.84. The fourth-order valence-electron chi connectivity index (χ4n) is 2.31. The van der Waals surface area contributed by atoms with Gasteiger partial charge >= 0.3 is 0 Å². The third-order valence-electron chi connectivity index (χ3n) is 3.61. The van der Waals surface area contributed by atoms with Gasteiger partial charge in [0, 0.05) is 10.7 Å². The zero-order valence-corrected chi connectivity index (χ0v) is 16.0. The van der Waals surface area contributed by atoms with Gasteiger partial charge in [0.15, 0.2) is 6.61 Å². The van der Waals surface area contributed by atoms with Crippen molar-refractivity contribution in [1.29, 1.82) is 0 Å². The van der Waals surface area contributed by atoms with Crippen molar-refractivity contribution < 1.29 is 19.2 Å². The van der Waals surface area contributed by atoms with E-state index in [1.54, 1.807) is 18.2 Å². The Bertz CT molecular complexity index is 848. The molecule has 2 aromatic carbocycles. The number of nitrogens with zero attached hydrogens (tertiary/aromatic N) is 1. The van der Waals surface area contributed by atoms with Crippen LogP contribution in [0.5, 0.6) is 5.75 Å². The molecule has 8 heteroatoms. The standard InChI is InChI=1S/C19H20ClN3O4/c1-12-5-4-6-13(2)19(12)23-18(25)11-27-21-10-17(24)22-15-9-14(20)7-8-16(15)26-3/h4-10H,11H2,1-3H3,(H,22,24)(H,23,25)/b21-10-. The molecule has 0 bridgehead atoms. The molecule has 0 unspecified atom stereocenters. The topological polar surface area (TPSA) is 89.0 Å². The lowest BCUT2D eigenvalue weighted by Gasteiger charge is -2.10. The van der Waals surface area contributed by atoms with Gasteiger partial charge in [0.2, 0.25) is 0 Å². The van der Waals surface area contributed by atoms with E-state index >= 15 is 0 Å². The van der Waals surface area contributed by atoms with E-state index in [1.807, 2.05) is 32.0 Å². The second-order valence-corrected chi connectivity index (χ2v) is 6.09. The molecular formula is C19H20ClN3O4. The average molecular weight is 390 g/mol. The Morgan fingerprint density at radius 3 is 2.52 bits per heavy atom. The van der Waals surface area contributed by atoms with Crippen LogP contribution in [0.2, 0.25) is 5.02 Å². The van der Waals surface area contributed by atoms with E-state index in [1.165, 1.54) is 7.11 Å². The summed E-state index contributed by atoms with van der Waals surface area (Å²) in [5.41, 5.74) is 3.03. The third-order valence-corrected chi connectivity index (χ3v) is 3.84. The highest BCUT2D eigenvalue weighted by molar-refractivity contribution is 6.33. The van der Waals surface area contributed by atoms with Gasteiger partial charge < -0.3 is 20.2 Å². The lowest BCUT2D eigenvalue weighted by molar-refractivity contribution is -0.120. The molecule has 2 aromatic rings. The summed E-state index contributed by atoms with van der Waals surface area (Å²) >= 11 is 5.90. The number of aryl methyl sites for hydroxylation is 2. The highest BCUT2D eigenvalue weighted by Gasteiger charge is 2.09. The number of nitrogens with one attached hydrogen (secondary N) is 2. The summed E-state index contributed by atoms with van der Waals surface area (Å²) in [6.45, 7) is 3.48. The number of anilines is 2. The minimum Gasteiger partial charge on any atom is -0.495 e. The SMILES string of the molecule is COc1ccc(Cl)cc1NC(=O)/C=N\OCC(=O)Nc1c(C)cccc1C. The summed E-state index contributed by atoms with van der Waals surface area (Å²) < 4.78 is 5.13. The van der Waals surface area contributed by atoms with Gasteiger partial charge in [-0.25, -0.2) is 0 Å². The number of methoxy groups -OCH3 is 1. The fraction of sp³-hybridized carbons (Fsp3) is 0.211. The van der Waals surface area contributed by atoms with Crippen molar-refractivity contribution >= 4 is 41.0 Å². The quantitative estimate of drug-likeness (QED) is 0.560. The van der Waals surface area contributed by atoms with Gasteiger partial charge in [0.1, 0.15) is 12.0 Å². The molecule has 27 heavy (non-hydrogen) atoms. The largest absolute Gasteiger partial charge is 0.495 e.